The number of alkyl halides is 1. The van der Waals surface area contributed by atoms with E-state index in [0.29, 0.717) is 5.92 Å². The minimum atomic E-state index is -0.0907. The van der Waals surface area contributed by atoms with E-state index in [0.717, 1.165) is 32.1 Å². The summed E-state index contributed by atoms with van der Waals surface area (Å²) >= 11 is 3.47. The molecule has 1 aromatic rings. The molecule has 2 heterocycles. The topological polar surface area (TPSA) is 49.3 Å². The summed E-state index contributed by atoms with van der Waals surface area (Å²) in [5.41, 5.74) is 0. The van der Waals surface area contributed by atoms with E-state index in [-0.39, 0.29) is 10.7 Å². The van der Waals surface area contributed by atoms with Gasteiger partial charge in [-0.1, -0.05) is 29.8 Å². The molecule has 2 rings (SSSR count). The normalized spacial score (nSPS) is 17.7. The van der Waals surface area contributed by atoms with Crippen molar-refractivity contribution in [1.29, 1.82) is 0 Å². The Kier molecular flexibility index (Phi) is 4.74. The Hall–Kier alpha value is -1.17. The van der Waals surface area contributed by atoms with Crippen LogP contribution in [0.15, 0.2) is 18.5 Å². The molecule has 0 spiro atoms. The maximum absolute atomic E-state index is 12.2. The van der Waals surface area contributed by atoms with Gasteiger partial charge in [0.25, 0.3) is 0 Å². The maximum Gasteiger partial charge on any atom is 0.236 e. The molecule has 5 nitrogen and oxygen atoms in total. The number of hydrogen-bond donors (Lipinski definition) is 0. The minimum absolute atomic E-state index is 0.0907. The Morgan fingerprint density at radius 2 is 1.79 bits per heavy atom. The average molecular weight is 327 g/mol. The quantitative estimate of drug-likeness (QED) is 0.791. The Bertz CT molecular complexity index is 418. The molecular weight excluding hydrogens is 308 g/mol. The van der Waals surface area contributed by atoms with Crippen molar-refractivity contribution in [2.75, 3.05) is 31.1 Å². The first-order valence-electron chi connectivity index (χ1n) is 6.54. The van der Waals surface area contributed by atoms with Crippen molar-refractivity contribution >= 4 is 27.8 Å². The lowest BCUT2D eigenvalue weighted by atomic mass is 10.1. The van der Waals surface area contributed by atoms with Gasteiger partial charge in [-0.25, -0.2) is 9.97 Å². The Morgan fingerprint density at radius 1 is 1.21 bits per heavy atom. The van der Waals surface area contributed by atoms with Gasteiger partial charge in [-0.2, -0.15) is 0 Å². The Morgan fingerprint density at radius 3 is 2.32 bits per heavy atom. The number of halogens is 1. The molecule has 0 aromatic carbocycles. The fraction of sp³-hybridized carbons (Fsp3) is 0.615. The molecule has 6 heteroatoms. The van der Waals surface area contributed by atoms with Crippen LogP contribution in [-0.4, -0.2) is 51.8 Å². The van der Waals surface area contributed by atoms with E-state index >= 15 is 0 Å². The van der Waals surface area contributed by atoms with E-state index in [1.807, 2.05) is 18.7 Å². The third kappa shape index (κ3) is 3.43. The molecule has 1 aliphatic rings. The van der Waals surface area contributed by atoms with Gasteiger partial charge in [-0.05, 0) is 12.0 Å². The first kappa shape index (κ1) is 14.2. The smallest absolute Gasteiger partial charge is 0.236 e. The van der Waals surface area contributed by atoms with Gasteiger partial charge in [-0.3, -0.25) is 4.79 Å². The highest BCUT2D eigenvalue weighted by molar-refractivity contribution is 9.10. The monoisotopic (exact) mass is 326 g/mol. The van der Waals surface area contributed by atoms with E-state index in [1.54, 1.807) is 18.5 Å². The fourth-order valence-electron chi connectivity index (χ4n) is 2.04. The number of carbonyl (C=O) groups is 1. The maximum atomic E-state index is 12.2. The average Bonchev–Trinajstić information content (AvgIpc) is 2.46. The van der Waals surface area contributed by atoms with Gasteiger partial charge < -0.3 is 9.80 Å². The molecule has 0 aliphatic carbocycles. The fourth-order valence-corrected chi connectivity index (χ4v) is 2.33. The van der Waals surface area contributed by atoms with Crippen LogP contribution in [-0.2, 0) is 4.79 Å². The molecule has 1 fully saturated rings. The summed E-state index contributed by atoms with van der Waals surface area (Å²) in [4.78, 5) is 24.6. The number of hydrogen-bond acceptors (Lipinski definition) is 4. The summed E-state index contributed by atoms with van der Waals surface area (Å²) in [5, 5.41) is 0. The minimum Gasteiger partial charge on any atom is -0.338 e. The number of aromatic nitrogens is 2. The molecule has 0 bridgehead atoms. The molecule has 1 amide bonds. The highest BCUT2D eigenvalue weighted by Crippen LogP contribution is 2.17. The third-order valence-electron chi connectivity index (χ3n) is 3.25. The van der Waals surface area contributed by atoms with Gasteiger partial charge in [0.1, 0.15) is 0 Å². The predicted molar refractivity (Wildman–Crippen MR) is 78.4 cm³/mol. The van der Waals surface area contributed by atoms with Crippen LogP contribution in [0.3, 0.4) is 0 Å². The number of anilines is 1. The van der Waals surface area contributed by atoms with Crippen LogP contribution in [0.5, 0.6) is 0 Å². The summed E-state index contributed by atoms with van der Waals surface area (Å²) in [6, 6.07) is 1.81. The van der Waals surface area contributed by atoms with Crippen molar-refractivity contribution in [3.05, 3.63) is 18.5 Å². The van der Waals surface area contributed by atoms with Crippen molar-refractivity contribution in [3.8, 4) is 0 Å². The van der Waals surface area contributed by atoms with Crippen LogP contribution in [0.2, 0.25) is 0 Å². The summed E-state index contributed by atoms with van der Waals surface area (Å²) in [6.07, 6.45) is 3.49. The number of amides is 1. The summed E-state index contributed by atoms with van der Waals surface area (Å²) < 4.78 is 0. The van der Waals surface area contributed by atoms with Crippen LogP contribution in [0.4, 0.5) is 5.95 Å². The van der Waals surface area contributed by atoms with Crippen LogP contribution in [0.25, 0.3) is 0 Å². The molecule has 1 aromatic heterocycles. The van der Waals surface area contributed by atoms with Gasteiger partial charge in [0.15, 0.2) is 0 Å². The molecule has 0 radical (unpaired) electrons. The Labute approximate surface area is 122 Å². The molecular formula is C13H19BrN4O. The molecule has 19 heavy (non-hydrogen) atoms. The third-order valence-corrected chi connectivity index (χ3v) is 4.70. The number of rotatable bonds is 3. The van der Waals surface area contributed by atoms with Gasteiger partial charge in [0.05, 0.1) is 4.83 Å². The zero-order chi connectivity index (χ0) is 13.8. The number of piperazine rings is 1. The number of nitrogens with zero attached hydrogens (tertiary/aromatic N) is 4. The van der Waals surface area contributed by atoms with Crippen molar-refractivity contribution in [1.82, 2.24) is 14.9 Å². The first-order chi connectivity index (χ1) is 9.09. The molecule has 0 N–H and O–H groups in total. The van der Waals surface area contributed by atoms with Crippen molar-refractivity contribution in [2.45, 2.75) is 18.7 Å². The van der Waals surface area contributed by atoms with Crippen LogP contribution in [0.1, 0.15) is 13.8 Å². The van der Waals surface area contributed by atoms with Crippen molar-refractivity contribution in [2.24, 2.45) is 5.92 Å². The van der Waals surface area contributed by atoms with Gasteiger partial charge in [0, 0.05) is 38.6 Å². The highest BCUT2D eigenvalue weighted by Gasteiger charge is 2.28. The van der Waals surface area contributed by atoms with E-state index in [9.17, 15) is 4.79 Å². The van der Waals surface area contributed by atoms with Crippen LogP contribution < -0.4 is 4.90 Å². The molecule has 1 aliphatic heterocycles. The van der Waals surface area contributed by atoms with Gasteiger partial charge in [-0.15, -0.1) is 0 Å². The lowest BCUT2D eigenvalue weighted by Crippen LogP contribution is -2.51. The second-order valence-corrected chi connectivity index (χ2v) is 5.99. The summed E-state index contributed by atoms with van der Waals surface area (Å²) in [6.45, 7) is 7.12. The largest absolute Gasteiger partial charge is 0.338 e. The van der Waals surface area contributed by atoms with Crippen LogP contribution in [0, 0.1) is 5.92 Å². The lowest BCUT2D eigenvalue weighted by Gasteiger charge is -2.36. The van der Waals surface area contributed by atoms with E-state index in [2.05, 4.69) is 30.8 Å². The molecule has 104 valence electrons. The number of carbonyl (C=O) groups excluding carboxylic acids is 1. The van der Waals surface area contributed by atoms with E-state index < -0.39 is 0 Å². The molecule has 1 unspecified atom stereocenters. The second-order valence-electron chi connectivity index (χ2n) is 5.01. The molecule has 0 saturated carbocycles. The summed E-state index contributed by atoms with van der Waals surface area (Å²) in [5.74, 6) is 1.24. The highest BCUT2D eigenvalue weighted by atomic mass is 79.9. The Balaban J connectivity index is 1.91. The van der Waals surface area contributed by atoms with Crippen molar-refractivity contribution < 1.29 is 4.79 Å². The van der Waals surface area contributed by atoms with Gasteiger partial charge in [0.2, 0.25) is 11.9 Å². The zero-order valence-corrected chi connectivity index (χ0v) is 12.9. The lowest BCUT2D eigenvalue weighted by molar-refractivity contribution is -0.131. The zero-order valence-electron chi connectivity index (χ0n) is 11.3. The molecule has 1 saturated heterocycles. The molecule has 1 atom stereocenters. The van der Waals surface area contributed by atoms with E-state index in [4.69, 9.17) is 0 Å². The standard InChI is InChI=1S/C13H19BrN4O/c1-10(2)11(14)12(19)17-6-8-18(9-7-17)13-15-4-3-5-16-13/h3-5,10-11H,6-9H2,1-2H3. The first-order valence-corrected chi connectivity index (χ1v) is 7.46. The van der Waals surface area contributed by atoms with Crippen molar-refractivity contribution in [3.63, 3.8) is 0 Å². The van der Waals surface area contributed by atoms with Gasteiger partial charge >= 0.3 is 0 Å². The van der Waals surface area contributed by atoms with E-state index in [1.165, 1.54) is 0 Å². The SMILES string of the molecule is CC(C)C(Br)C(=O)N1CCN(c2ncccn2)CC1. The summed E-state index contributed by atoms with van der Waals surface area (Å²) in [7, 11) is 0. The predicted octanol–water partition coefficient (Wildman–Crippen LogP) is 1.54. The second kappa shape index (κ2) is 6.32. The van der Waals surface area contributed by atoms with Crippen LogP contribution >= 0.6 is 15.9 Å².